The minimum Gasteiger partial charge on any atom is -0.465 e. The SMILES string of the molecule is COC(=O)c1cc(-c2ccc(F)c(F)c2)ncc1N1CCCC(CC(F)F)(NC(=O)OC(C)(C)C)C1. The van der Waals surface area contributed by atoms with Crippen LogP contribution in [0.1, 0.15) is 50.4 Å². The van der Waals surface area contributed by atoms with Gasteiger partial charge in [0.15, 0.2) is 11.6 Å². The fourth-order valence-electron chi connectivity index (χ4n) is 4.26. The van der Waals surface area contributed by atoms with Crippen molar-refractivity contribution in [3.8, 4) is 11.3 Å². The zero-order valence-electron chi connectivity index (χ0n) is 20.5. The molecule has 2 aromatic rings. The second-order valence-electron chi connectivity index (χ2n) is 9.73. The number of hydrogen-bond donors (Lipinski definition) is 1. The van der Waals surface area contributed by atoms with Crippen LogP contribution in [-0.2, 0) is 9.47 Å². The highest BCUT2D eigenvalue weighted by molar-refractivity contribution is 5.97. The van der Waals surface area contributed by atoms with E-state index >= 15 is 0 Å². The average Bonchev–Trinajstić information content (AvgIpc) is 2.78. The lowest BCUT2D eigenvalue weighted by atomic mass is 9.85. The van der Waals surface area contributed by atoms with E-state index in [1.54, 1.807) is 25.7 Å². The Hall–Kier alpha value is -3.37. The molecule has 0 radical (unpaired) electrons. The van der Waals surface area contributed by atoms with Gasteiger partial charge in [0.05, 0.1) is 35.8 Å². The number of ether oxygens (including phenoxy) is 2. The Balaban J connectivity index is 1.97. The van der Waals surface area contributed by atoms with Crippen LogP contribution in [0.2, 0.25) is 0 Å². The third-order valence-corrected chi connectivity index (χ3v) is 5.73. The Morgan fingerprint density at radius 1 is 1.19 bits per heavy atom. The molecule has 1 aliphatic heterocycles. The number of hydrogen-bond acceptors (Lipinski definition) is 6. The molecule has 1 saturated heterocycles. The summed E-state index contributed by atoms with van der Waals surface area (Å²) in [6, 6.07) is 4.60. The number of nitrogens with zero attached hydrogens (tertiary/aromatic N) is 2. The summed E-state index contributed by atoms with van der Waals surface area (Å²) < 4.78 is 64.5. The number of halogens is 4. The van der Waals surface area contributed by atoms with Gasteiger partial charge in [-0.1, -0.05) is 0 Å². The molecule has 3 rings (SSSR count). The largest absolute Gasteiger partial charge is 0.465 e. The molecule has 196 valence electrons. The van der Waals surface area contributed by atoms with Gasteiger partial charge in [-0.15, -0.1) is 0 Å². The van der Waals surface area contributed by atoms with Crippen molar-refractivity contribution in [1.29, 1.82) is 0 Å². The molecule has 7 nitrogen and oxygen atoms in total. The van der Waals surface area contributed by atoms with E-state index in [0.717, 1.165) is 12.1 Å². The molecule has 0 bridgehead atoms. The number of carbonyl (C=O) groups excluding carboxylic acids is 2. The monoisotopic (exact) mass is 511 g/mol. The highest BCUT2D eigenvalue weighted by Gasteiger charge is 2.41. The summed E-state index contributed by atoms with van der Waals surface area (Å²) in [5.41, 5.74) is -1.33. The van der Waals surface area contributed by atoms with Crippen LogP contribution in [0.15, 0.2) is 30.5 Å². The van der Waals surface area contributed by atoms with E-state index in [9.17, 15) is 27.2 Å². The van der Waals surface area contributed by atoms with Gasteiger partial charge in [-0.05, 0) is 57.9 Å². The summed E-state index contributed by atoms with van der Waals surface area (Å²) in [7, 11) is 1.19. The minimum absolute atomic E-state index is 0.0349. The number of aromatic nitrogens is 1. The molecule has 11 heteroatoms. The third-order valence-electron chi connectivity index (χ3n) is 5.73. The van der Waals surface area contributed by atoms with Crippen molar-refractivity contribution in [2.75, 3.05) is 25.1 Å². The van der Waals surface area contributed by atoms with Crippen molar-refractivity contribution in [2.24, 2.45) is 0 Å². The first kappa shape index (κ1) is 27.2. The van der Waals surface area contributed by atoms with E-state index in [1.165, 1.54) is 25.4 Å². The zero-order valence-corrected chi connectivity index (χ0v) is 20.5. The van der Waals surface area contributed by atoms with Gasteiger partial charge in [-0.25, -0.2) is 27.2 Å². The Morgan fingerprint density at radius 2 is 1.92 bits per heavy atom. The average molecular weight is 512 g/mol. The van der Waals surface area contributed by atoms with Crippen LogP contribution in [0.4, 0.5) is 28.0 Å². The van der Waals surface area contributed by atoms with E-state index in [1.807, 2.05) is 0 Å². The highest BCUT2D eigenvalue weighted by atomic mass is 19.3. The molecule has 0 saturated carbocycles. The minimum atomic E-state index is -2.70. The molecule has 1 atom stereocenters. The Bertz CT molecular complexity index is 1120. The van der Waals surface area contributed by atoms with E-state index in [4.69, 9.17) is 9.47 Å². The lowest BCUT2D eigenvalue weighted by Gasteiger charge is -2.44. The first-order valence-corrected chi connectivity index (χ1v) is 11.4. The topological polar surface area (TPSA) is 80.8 Å². The maximum Gasteiger partial charge on any atom is 0.408 e. The lowest BCUT2D eigenvalue weighted by Crippen LogP contribution is -2.60. The quantitative estimate of drug-likeness (QED) is 0.417. The number of esters is 1. The summed E-state index contributed by atoms with van der Waals surface area (Å²) in [6.45, 7) is 5.37. The van der Waals surface area contributed by atoms with Crippen molar-refractivity contribution >= 4 is 17.7 Å². The number of anilines is 1. The summed E-state index contributed by atoms with van der Waals surface area (Å²) in [6.07, 6.45) is -2.06. The molecule has 1 aliphatic rings. The van der Waals surface area contributed by atoms with Crippen LogP contribution in [0.5, 0.6) is 0 Å². The van der Waals surface area contributed by atoms with Gasteiger partial charge in [-0.3, -0.25) is 4.98 Å². The van der Waals surface area contributed by atoms with Crippen molar-refractivity contribution in [1.82, 2.24) is 10.3 Å². The maximum absolute atomic E-state index is 13.7. The fourth-order valence-corrected chi connectivity index (χ4v) is 4.26. The van der Waals surface area contributed by atoms with Gasteiger partial charge in [0, 0.05) is 25.1 Å². The van der Waals surface area contributed by atoms with Gasteiger partial charge in [0.25, 0.3) is 0 Å². The summed E-state index contributed by atoms with van der Waals surface area (Å²) in [5.74, 6) is -2.81. The standard InChI is InChI=1S/C25H29F4N3O4/c1-24(2,3)36-23(34)31-25(12-21(28)29)8-5-9-32(14-25)20-13-30-19(11-16(20)22(33)35-4)15-6-7-17(26)18(27)10-15/h6-7,10-11,13,21H,5,8-9,12,14H2,1-4H3,(H,31,34). The number of methoxy groups -OCH3 is 1. The number of rotatable bonds is 6. The van der Waals surface area contributed by atoms with E-state index in [2.05, 4.69) is 10.3 Å². The molecule has 1 fully saturated rings. The number of carbonyl (C=O) groups is 2. The van der Waals surface area contributed by atoms with Crippen molar-refractivity contribution in [3.63, 3.8) is 0 Å². The number of piperidine rings is 1. The molecule has 0 aliphatic carbocycles. The molecule has 0 spiro atoms. The predicted octanol–water partition coefficient (Wildman–Crippen LogP) is 5.33. The molecule has 2 heterocycles. The van der Waals surface area contributed by atoms with E-state index in [-0.39, 0.29) is 29.8 Å². The van der Waals surface area contributed by atoms with Crippen LogP contribution in [0.3, 0.4) is 0 Å². The molecular formula is C25H29F4N3O4. The number of nitrogens with one attached hydrogen (secondary N) is 1. The van der Waals surface area contributed by atoms with Gasteiger partial charge >= 0.3 is 12.1 Å². The zero-order chi connectivity index (χ0) is 26.7. The second-order valence-corrected chi connectivity index (χ2v) is 9.73. The van der Waals surface area contributed by atoms with Crippen molar-refractivity contribution < 1.29 is 36.6 Å². The van der Waals surface area contributed by atoms with Gasteiger partial charge in [0.1, 0.15) is 5.60 Å². The number of benzene rings is 1. The van der Waals surface area contributed by atoms with Crippen LogP contribution >= 0.6 is 0 Å². The van der Waals surface area contributed by atoms with Crippen LogP contribution in [-0.4, -0.2) is 54.8 Å². The molecular weight excluding hydrogens is 482 g/mol. The van der Waals surface area contributed by atoms with Crippen LogP contribution < -0.4 is 10.2 Å². The van der Waals surface area contributed by atoms with Gasteiger partial charge in [0.2, 0.25) is 6.43 Å². The Labute approximate surface area is 206 Å². The van der Waals surface area contributed by atoms with Crippen molar-refractivity contribution in [2.45, 2.75) is 57.6 Å². The second kappa shape index (κ2) is 10.7. The van der Waals surface area contributed by atoms with E-state index in [0.29, 0.717) is 18.7 Å². The molecule has 1 N–H and O–H groups in total. The van der Waals surface area contributed by atoms with Gasteiger partial charge in [-0.2, -0.15) is 0 Å². The number of alkyl carbamates (subject to hydrolysis) is 1. The van der Waals surface area contributed by atoms with Crippen LogP contribution in [0.25, 0.3) is 11.3 Å². The number of alkyl halides is 2. The summed E-state index contributed by atoms with van der Waals surface area (Å²) >= 11 is 0. The fraction of sp³-hybridized carbons (Fsp3) is 0.480. The molecule has 1 aromatic heterocycles. The molecule has 36 heavy (non-hydrogen) atoms. The van der Waals surface area contributed by atoms with Crippen LogP contribution in [0, 0.1) is 11.6 Å². The first-order valence-electron chi connectivity index (χ1n) is 11.4. The Kier molecular flexibility index (Phi) is 8.10. The first-order chi connectivity index (χ1) is 16.8. The normalized spacial score (nSPS) is 18.2. The van der Waals surface area contributed by atoms with Crippen molar-refractivity contribution in [3.05, 3.63) is 47.7 Å². The molecule has 1 unspecified atom stereocenters. The van der Waals surface area contributed by atoms with E-state index < -0.39 is 47.7 Å². The smallest absolute Gasteiger partial charge is 0.408 e. The Morgan fingerprint density at radius 3 is 2.53 bits per heavy atom. The summed E-state index contributed by atoms with van der Waals surface area (Å²) in [5, 5.41) is 2.63. The number of pyridine rings is 1. The molecule has 1 amide bonds. The number of amides is 1. The lowest BCUT2D eigenvalue weighted by molar-refractivity contribution is 0.0343. The molecule has 1 aromatic carbocycles. The third kappa shape index (κ3) is 6.64. The maximum atomic E-state index is 13.7. The highest BCUT2D eigenvalue weighted by Crippen LogP contribution is 2.34. The summed E-state index contributed by atoms with van der Waals surface area (Å²) in [4.78, 5) is 31.1. The van der Waals surface area contributed by atoms with Gasteiger partial charge < -0.3 is 19.7 Å². The predicted molar refractivity (Wildman–Crippen MR) is 125 cm³/mol.